The van der Waals surface area contributed by atoms with Crippen LogP contribution < -0.4 is 15.6 Å². The summed E-state index contributed by atoms with van der Waals surface area (Å²) in [6.45, 7) is 0.334. The lowest BCUT2D eigenvalue weighted by molar-refractivity contribution is -0.153. The first-order valence-corrected chi connectivity index (χ1v) is 13.2. The first-order valence-electron chi connectivity index (χ1n) is 12.8. The highest BCUT2D eigenvalue weighted by molar-refractivity contribution is 6.30. The number of carbonyl (C=O) groups is 2. The minimum absolute atomic E-state index is 0.119. The SMILES string of the molecule is CCc1cc2c(c(OCC(F)(F)F)c(C(=O)NC3CCN(C(=O)CO)CC3)n2C)c(=O)n1Cc1ccc(Cl)cc1. The van der Waals surface area contributed by atoms with Gasteiger partial charge in [0.05, 0.1) is 12.1 Å². The number of hydrogen-bond acceptors (Lipinski definition) is 5. The van der Waals surface area contributed by atoms with Crippen molar-refractivity contribution in [3.63, 3.8) is 0 Å². The Morgan fingerprint density at radius 3 is 2.40 bits per heavy atom. The third-order valence-corrected chi connectivity index (χ3v) is 7.29. The van der Waals surface area contributed by atoms with Crippen molar-refractivity contribution < 1.29 is 32.6 Å². The summed E-state index contributed by atoms with van der Waals surface area (Å²) in [4.78, 5) is 40.5. The zero-order valence-electron chi connectivity index (χ0n) is 22.1. The van der Waals surface area contributed by atoms with Crippen LogP contribution in [0.3, 0.4) is 0 Å². The molecule has 0 aliphatic carbocycles. The Labute approximate surface area is 233 Å². The number of aliphatic hydroxyl groups is 1. The first kappa shape index (κ1) is 29.5. The Bertz CT molecular complexity index is 1460. The number of carbonyl (C=O) groups excluding carboxylic acids is 2. The Morgan fingerprint density at radius 2 is 1.82 bits per heavy atom. The van der Waals surface area contributed by atoms with E-state index in [1.54, 1.807) is 30.3 Å². The van der Waals surface area contributed by atoms with Crippen molar-refractivity contribution in [2.24, 2.45) is 7.05 Å². The molecule has 2 N–H and O–H groups in total. The van der Waals surface area contributed by atoms with Gasteiger partial charge in [0, 0.05) is 36.9 Å². The first-order chi connectivity index (χ1) is 18.9. The molecule has 0 radical (unpaired) electrons. The van der Waals surface area contributed by atoms with Gasteiger partial charge in [0.25, 0.3) is 11.5 Å². The average molecular weight is 583 g/mol. The van der Waals surface area contributed by atoms with Crippen LogP contribution in [0.2, 0.25) is 5.02 Å². The molecular weight excluding hydrogens is 553 g/mol. The van der Waals surface area contributed by atoms with Gasteiger partial charge in [-0.25, -0.2) is 0 Å². The molecule has 0 spiro atoms. The summed E-state index contributed by atoms with van der Waals surface area (Å²) >= 11 is 5.98. The number of ether oxygens (including phenoxy) is 1. The van der Waals surface area contributed by atoms with E-state index in [0.29, 0.717) is 43.1 Å². The molecule has 13 heteroatoms. The van der Waals surface area contributed by atoms with Crippen molar-refractivity contribution in [2.75, 3.05) is 26.3 Å². The lowest BCUT2D eigenvalue weighted by Crippen LogP contribution is -2.47. The summed E-state index contributed by atoms with van der Waals surface area (Å²) in [5.41, 5.74) is 0.893. The zero-order chi connectivity index (χ0) is 29.2. The van der Waals surface area contributed by atoms with E-state index < -0.39 is 42.5 Å². The van der Waals surface area contributed by atoms with Gasteiger partial charge in [-0.1, -0.05) is 30.7 Å². The minimum atomic E-state index is -4.70. The minimum Gasteiger partial charge on any atom is -0.481 e. The molecule has 216 valence electrons. The van der Waals surface area contributed by atoms with Crippen molar-refractivity contribution in [3.05, 3.63) is 62.7 Å². The molecule has 1 saturated heterocycles. The second-order valence-corrected chi connectivity index (χ2v) is 10.1. The fourth-order valence-electron chi connectivity index (χ4n) is 4.97. The summed E-state index contributed by atoms with van der Waals surface area (Å²) in [5.74, 6) is -1.54. The van der Waals surface area contributed by atoms with Crippen LogP contribution in [-0.4, -0.2) is 69.5 Å². The molecule has 4 rings (SSSR count). The zero-order valence-corrected chi connectivity index (χ0v) is 22.8. The summed E-state index contributed by atoms with van der Waals surface area (Å²) < 4.78 is 47.7. The lowest BCUT2D eigenvalue weighted by Gasteiger charge is -2.32. The molecule has 1 aromatic carbocycles. The van der Waals surface area contributed by atoms with Crippen molar-refractivity contribution in [3.8, 4) is 5.75 Å². The van der Waals surface area contributed by atoms with Crippen LogP contribution in [0.5, 0.6) is 5.75 Å². The van der Waals surface area contributed by atoms with Crippen molar-refractivity contribution in [1.29, 1.82) is 0 Å². The Hall–Kier alpha value is -3.51. The molecule has 0 atom stereocenters. The van der Waals surface area contributed by atoms with Crippen LogP contribution in [0, 0.1) is 0 Å². The quantitative estimate of drug-likeness (QED) is 0.424. The van der Waals surface area contributed by atoms with E-state index in [2.05, 4.69) is 5.32 Å². The number of nitrogens with one attached hydrogen (secondary N) is 1. The highest BCUT2D eigenvalue weighted by atomic mass is 35.5. The van der Waals surface area contributed by atoms with Crippen LogP contribution in [0.4, 0.5) is 13.2 Å². The number of benzene rings is 1. The summed E-state index contributed by atoms with van der Waals surface area (Å²) in [6, 6.07) is 8.18. The standard InChI is InChI=1S/C27H30ClF3N4O5/c1-3-19-12-20-22(26(39)35(19)13-16-4-6-17(28)7-5-16)24(40-15-27(29,30)31)23(33(20)2)25(38)32-18-8-10-34(11-9-18)21(37)14-36/h4-7,12,18,36H,3,8-11,13-15H2,1-2H3,(H,32,38). The molecule has 2 amide bonds. The molecule has 40 heavy (non-hydrogen) atoms. The van der Waals surface area contributed by atoms with E-state index in [1.807, 2.05) is 6.92 Å². The predicted molar refractivity (Wildman–Crippen MR) is 143 cm³/mol. The molecule has 9 nitrogen and oxygen atoms in total. The lowest BCUT2D eigenvalue weighted by atomic mass is 10.0. The highest BCUT2D eigenvalue weighted by Crippen LogP contribution is 2.33. The molecule has 3 aromatic rings. The van der Waals surface area contributed by atoms with Gasteiger partial charge >= 0.3 is 6.18 Å². The number of aryl methyl sites for hydroxylation is 2. The van der Waals surface area contributed by atoms with Gasteiger partial charge < -0.3 is 29.2 Å². The normalized spacial score (nSPS) is 14.5. The number of nitrogens with zero attached hydrogens (tertiary/aromatic N) is 3. The van der Waals surface area contributed by atoms with Gasteiger partial charge in [0.15, 0.2) is 18.1 Å². The van der Waals surface area contributed by atoms with E-state index in [4.69, 9.17) is 21.4 Å². The maximum atomic E-state index is 13.8. The van der Waals surface area contributed by atoms with Crippen molar-refractivity contribution in [2.45, 2.75) is 44.9 Å². The maximum absolute atomic E-state index is 13.8. The van der Waals surface area contributed by atoms with Gasteiger partial charge in [-0.15, -0.1) is 0 Å². The number of fused-ring (bicyclic) bond motifs is 1. The number of aromatic nitrogens is 2. The van der Waals surface area contributed by atoms with Crippen LogP contribution in [-0.2, 0) is 24.8 Å². The second-order valence-electron chi connectivity index (χ2n) is 9.69. The Kier molecular flexibility index (Phi) is 8.79. The molecule has 0 bridgehead atoms. The topological polar surface area (TPSA) is 106 Å². The molecule has 0 unspecified atom stereocenters. The highest BCUT2D eigenvalue weighted by Gasteiger charge is 2.34. The number of alkyl halides is 3. The summed E-state index contributed by atoms with van der Waals surface area (Å²) in [7, 11) is 1.50. The molecule has 1 fully saturated rings. The Balaban J connectivity index is 1.75. The van der Waals surface area contributed by atoms with Gasteiger partial charge in [-0.2, -0.15) is 13.2 Å². The molecule has 2 aromatic heterocycles. The fraction of sp³-hybridized carbons (Fsp3) is 0.444. The monoisotopic (exact) mass is 582 g/mol. The third kappa shape index (κ3) is 6.28. The number of amides is 2. The Morgan fingerprint density at radius 1 is 1.18 bits per heavy atom. The van der Waals surface area contributed by atoms with Gasteiger partial charge in [0.1, 0.15) is 12.0 Å². The molecule has 1 aliphatic rings. The van der Waals surface area contributed by atoms with Crippen molar-refractivity contribution in [1.82, 2.24) is 19.4 Å². The van der Waals surface area contributed by atoms with Gasteiger partial charge in [-0.3, -0.25) is 14.4 Å². The van der Waals surface area contributed by atoms with Crippen LogP contribution in [0.25, 0.3) is 10.9 Å². The van der Waals surface area contributed by atoms with Gasteiger partial charge in [-0.05, 0) is 43.0 Å². The van der Waals surface area contributed by atoms with E-state index >= 15 is 0 Å². The van der Waals surface area contributed by atoms with E-state index in [0.717, 1.165) is 5.56 Å². The predicted octanol–water partition coefficient (Wildman–Crippen LogP) is 3.26. The fourth-order valence-corrected chi connectivity index (χ4v) is 5.09. The summed E-state index contributed by atoms with van der Waals surface area (Å²) in [5, 5.41) is 12.3. The maximum Gasteiger partial charge on any atom is 0.422 e. The summed E-state index contributed by atoms with van der Waals surface area (Å²) in [6.07, 6.45) is -3.45. The van der Waals surface area contributed by atoms with Crippen LogP contribution in [0.1, 0.15) is 41.5 Å². The number of piperidine rings is 1. The van der Waals surface area contributed by atoms with E-state index in [9.17, 15) is 27.6 Å². The molecule has 3 heterocycles. The number of halogens is 4. The largest absolute Gasteiger partial charge is 0.481 e. The number of hydrogen-bond donors (Lipinski definition) is 2. The number of rotatable bonds is 8. The molecule has 0 saturated carbocycles. The number of likely N-dealkylation sites (tertiary alicyclic amines) is 1. The molecule has 1 aliphatic heterocycles. The van der Waals surface area contributed by atoms with Gasteiger partial charge in [0.2, 0.25) is 5.91 Å². The van der Waals surface area contributed by atoms with Crippen LogP contribution in [0.15, 0.2) is 35.1 Å². The number of aliphatic hydroxyl groups excluding tert-OH is 1. The average Bonchev–Trinajstić information content (AvgIpc) is 3.21. The smallest absolute Gasteiger partial charge is 0.422 e. The van der Waals surface area contributed by atoms with Crippen molar-refractivity contribution >= 4 is 34.3 Å². The number of pyridine rings is 1. The van der Waals surface area contributed by atoms with E-state index in [-0.39, 0.29) is 29.2 Å². The second kappa shape index (κ2) is 11.9. The third-order valence-electron chi connectivity index (χ3n) is 7.03. The van der Waals surface area contributed by atoms with Crippen LogP contribution >= 0.6 is 11.6 Å². The van der Waals surface area contributed by atoms with E-state index in [1.165, 1.54) is 21.1 Å². The molecular formula is C27H30ClF3N4O5.